The molecule has 0 radical (unpaired) electrons. The molecule has 2 nitrogen and oxygen atoms in total. The number of aromatic nitrogens is 2. The van der Waals surface area contributed by atoms with Crippen LogP contribution in [0, 0.1) is 0 Å². The van der Waals surface area contributed by atoms with Gasteiger partial charge in [-0.3, -0.25) is 0 Å². The quantitative estimate of drug-likeness (QED) is 0.778. The molecule has 78 valence electrons. The minimum Gasteiger partial charge on any atom is -0.232 e. The summed E-state index contributed by atoms with van der Waals surface area (Å²) in [6, 6.07) is 1.99. The lowest BCUT2D eigenvalue weighted by molar-refractivity contribution is 0.991. The van der Waals surface area contributed by atoms with Crippen LogP contribution in [-0.2, 0) is 6.42 Å². The van der Waals surface area contributed by atoms with Crippen LogP contribution in [0.15, 0.2) is 21.3 Å². The van der Waals surface area contributed by atoms with Gasteiger partial charge >= 0.3 is 0 Å². The number of rotatable bonds is 2. The van der Waals surface area contributed by atoms with Crippen molar-refractivity contribution in [2.24, 2.45) is 0 Å². The summed E-state index contributed by atoms with van der Waals surface area (Å²) < 4.78 is 0.797. The molecule has 0 aromatic carbocycles. The fourth-order valence-electron chi connectivity index (χ4n) is 1.22. The molecule has 0 saturated heterocycles. The second-order valence-corrected chi connectivity index (χ2v) is 4.90. The van der Waals surface area contributed by atoms with Gasteiger partial charge in [0, 0.05) is 10.9 Å². The van der Waals surface area contributed by atoms with Crippen LogP contribution in [0.1, 0.15) is 12.6 Å². The summed E-state index contributed by atoms with van der Waals surface area (Å²) in [5.74, 6) is 0.696. The molecule has 0 fully saturated rings. The van der Waals surface area contributed by atoms with E-state index in [1.165, 1.54) is 0 Å². The van der Waals surface area contributed by atoms with Crippen molar-refractivity contribution in [3.8, 4) is 11.4 Å². The van der Waals surface area contributed by atoms with Crippen LogP contribution in [0.3, 0.4) is 0 Å². The Morgan fingerprint density at radius 2 is 2.27 bits per heavy atom. The Morgan fingerprint density at radius 3 is 2.87 bits per heavy atom. The zero-order chi connectivity index (χ0) is 10.8. The monoisotopic (exact) mass is 302 g/mol. The number of halogens is 2. The smallest absolute Gasteiger partial charge is 0.162 e. The molecular weight excluding hydrogens is 296 g/mol. The Labute approximate surface area is 105 Å². The van der Waals surface area contributed by atoms with Gasteiger partial charge in [-0.05, 0) is 33.8 Å². The number of thiophene rings is 1. The first-order valence-corrected chi connectivity index (χ1v) is 6.58. The number of hydrogen-bond donors (Lipinski definition) is 0. The van der Waals surface area contributed by atoms with Gasteiger partial charge in [0.2, 0.25) is 0 Å². The molecule has 0 bridgehead atoms. The second-order valence-electron chi connectivity index (χ2n) is 2.96. The van der Waals surface area contributed by atoms with E-state index < -0.39 is 0 Å². The number of hydrogen-bond acceptors (Lipinski definition) is 3. The van der Waals surface area contributed by atoms with E-state index in [1.807, 2.05) is 23.8 Å². The van der Waals surface area contributed by atoms with Crippen molar-refractivity contribution < 1.29 is 0 Å². The van der Waals surface area contributed by atoms with E-state index in [9.17, 15) is 0 Å². The third kappa shape index (κ3) is 2.22. The van der Waals surface area contributed by atoms with Crippen molar-refractivity contribution in [2.45, 2.75) is 13.3 Å². The van der Waals surface area contributed by atoms with Crippen molar-refractivity contribution in [2.75, 3.05) is 0 Å². The summed E-state index contributed by atoms with van der Waals surface area (Å²) in [6.07, 6.45) is 0.833. The van der Waals surface area contributed by atoms with Crippen molar-refractivity contribution in [3.63, 3.8) is 0 Å². The minimum absolute atomic E-state index is 0.475. The predicted octanol–water partition coefficient (Wildman–Crippen LogP) is 4.18. The lowest BCUT2D eigenvalue weighted by Gasteiger charge is -2.04. The molecule has 0 saturated carbocycles. The van der Waals surface area contributed by atoms with Gasteiger partial charge in [0.1, 0.15) is 5.15 Å². The lowest BCUT2D eigenvalue weighted by atomic mass is 10.3. The second kappa shape index (κ2) is 4.60. The van der Waals surface area contributed by atoms with Crippen LogP contribution in [0.4, 0.5) is 0 Å². The van der Waals surface area contributed by atoms with Crippen LogP contribution in [0.5, 0.6) is 0 Å². The molecule has 0 spiro atoms. The van der Waals surface area contributed by atoms with Crippen LogP contribution in [0.25, 0.3) is 11.4 Å². The Kier molecular flexibility index (Phi) is 3.38. The maximum atomic E-state index is 6.02. The average molecular weight is 304 g/mol. The number of nitrogens with zero attached hydrogens (tertiary/aromatic N) is 2. The third-order valence-corrected chi connectivity index (χ3v) is 4.01. The Hall–Kier alpha value is -0.450. The third-order valence-electron chi connectivity index (χ3n) is 1.99. The van der Waals surface area contributed by atoms with Crippen LogP contribution >= 0.6 is 38.9 Å². The van der Waals surface area contributed by atoms with E-state index >= 15 is 0 Å². The van der Waals surface area contributed by atoms with Crippen molar-refractivity contribution in [3.05, 3.63) is 32.1 Å². The first kappa shape index (κ1) is 11.0. The molecule has 2 aromatic heterocycles. The topological polar surface area (TPSA) is 25.8 Å². The first-order chi connectivity index (χ1) is 7.22. The maximum absolute atomic E-state index is 6.02. The summed E-state index contributed by atoms with van der Waals surface area (Å²) >= 11 is 11.0. The molecule has 15 heavy (non-hydrogen) atoms. The van der Waals surface area contributed by atoms with Gasteiger partial charge in [-0.2, -0.15) is 11.3 Å². The SMILES string of the molecule is CCc1nc(-c2ccsc2)nc(Cl)c1Br. The molecule has 5 heteroatoms. The molecule has 0 aliphatic rings. The molecule has 0 aliphatic carbocycles. The van der Waals surface area contributed by atoms with E-state index in [2.05, 4.69) is 25.9 Å². The Balaban J connectivity index is 2.55. The molecule has 2 rings (SSSR count). The van der Waals surface area contributed by atoms with E-state index in [-0.39, 0.29) is 0 Å². The molecular formula is C10H8BrClN2S. The zero-order valence-corrected chi connectivity index (χ0v) is 11.2. The van der Waals surface area contributed by atoms with Gasteiger partial charge in [0.15, 0.2) is 5.82 Å². The molecule has 2 heterocycles. The minimum atomic E-state index is 0.475. The van der Waals surface area contributed by atoms with Gasteiger partial charge < -0.3 is 0 Å². The Morgan fingerprint density at radius 1 is 1.47 bits per heavy atom. The maximum Gasteiger partial charge on any atom is 0.162 e. The highest BCUT2D eigenvalue weighted by Crippen LogP contribution is 2.27. The highest BCUT2D eigenvalue weighted by Gasteiger charge is 2.10. The summed E-state index contributed by atoms with van der Waals surface area (Å²) in [4.78, 5) is 8.70. The van der Waals surface area contributed by atoms with Gasteiger partial charge in [-0.15, -0.1) is 0 Å². The molecule has 2 aromatic rings. The van der Waals surface area contributed by atoms with Gasteiger partial charge in [-0.25, -0.2) is 9.97 Å². The first-order valence-electron chi connectivity index (χ1n) is 4.47. The Bertz CT molecular complexity index is 471. The van der Waals surface area contributed by atoms with E-state index in [0.717, 1.165) is 22.2 Å². The summed E-state index contributed by atoms with van der Waals surface area (Å²) in [5.41, 5.74) is 1.96. The largest absolute Gasteiger partial charge is 0.232 e. The molecule has 0 atom stereocenters. The van der Waals surface area contributed by atoms with Crippen LogP contribution < -0.4 is 0 Å². The van der Waals surface area contributed by atoms with Crippen molar-refractivity contribution in [1.82, 2.24) is 9.97 Å². The number of aryl methyl sites for hydroxylation is 1. The highest BCUT2D eigenvalue weighted by atomic mass is 79.9. The molecule has 0 unspecified atom stereocenters. The molecule has 0 N–H and O–H groups in total. The van der Waals surface area contributed by atoms with E-state index in [1.54, 1.807) is 11.3 Å². The van der Waals surface area contributed by atoms with Gasteiger partial charge in [0.25, 0.3) is 0 Å². The fraction of sp³-hybridized carbons (Fsp3) is 0.200. The van der Waals surface area contributed by atoms with E-state index in [4.69, 9.17) is 11.6 Å². The predicted molar refractivity (Wildman–Crippen MR) is 67.4 cm³/mol. The molecule has 0 aliphatic heterocycles. The summed E-state index contributed by atoms with van der Waals surface area (Å²) in [5, 5.41) is 4.49. The van der Waals surface area contributed by atoms with Crippen LogP contribution in [0.2, 0.25) is 5.15 Å². The normalized spacial score (nSPS) is 10.6. The summed E-state index contributed by atoms with van der Waals surface area (Å²) in [7, 11) is 0. The van der Waals surface area contributed by atoms with Crippen molar-refractivity contribution >= 4 is 38.9 Å². The fourth-order valence-corrected chi connectivity index (χ4v) is 2.50. The summed E-state index contributed by atoms with van der Waals surface area (Å²) in [6.45, 7) is 2.04. The highest BCUT2D eigenvalue weighted by molar-refractivity contribution is 9.10. The van der Waals surface area contributed by atoms with Gasteiger partial charge in [0.05, 0.1) is 10.2 Å². The van der Waals surface area contributed by atoms with Gasteiger partial charge in [-0.1, -0.05) is 18.5 Å². The van der Waals surface area contributed by atoms with Crippen LogP contribution in [-0.4, -0.2) is 9.97 Å². The molecule has 0 amide bonds. The van der Waals surface area contributed by atoms with E-state index in [0.29, 0.717) is 11.0 Å². The lowest BCUT2D eigenvalue weighted by Crippen LogP contribution is -1.96. The average Bonchev–Trinajstić information content (AvgIpc) is 2.75. The standard InChI is InChI=1S/C10H8BrClN2S/c1-2-7-8(11)9(12)14-10(13-7)6-3-4-15-5-6/h3-5H,2H2,1H3. The zero-order valence-electron chi connectivity index (χ0n) is 8.00. The van der Waals surface area contributed by atoms with Crippen molar-refractivity contribution in [1.29, 1.82) is 0 Å².